The molecule has 140 valence electrons. The number of hydrogen-bond acceptors (Lipinski definition) is 2. The molecule has 1 aromatic rings. The minimum absolute atomic E-state index is 0.0918. The van der Waals surface area contributed by atoms with Gasteiger partial charge in [-0.1, -0.05) is 32.9 Å². The number of rotatable bonds is 7. The van der Waals surface area contributed by atoms with Crippen LogP contribution in [-0.4, -0.2) is 22.5 Å². The van der Waals surface area contributed by atoms with Gasteiger partial charge in [0.1, 0.15) is 0 Å². The Morgan fingerprint density at radius 1 is 1.12 bits per heavy atom. The molecule has 7 heteroatoms. The molecule has 0 fully saturated rings. The third-order valence-corrected chi connectivity index (χ3v) is 4.47. The molecule has 2 N–H and O–H groups in total. The van der Waals surface area contributed by atoms with E-state index in [0.29, 0.717) is 5.56 Å². The molecule has 0 aliphatic rings. The fraction of sp³-hybridized carbons (Fsp3) is 0.556. The zero-order valence-electron chi connectivity index (χ0n) is 14.8. The number of carbonyl (C=O) groups excluding carboxylic acids is 1. The van der Waals surface area contributed by atoms with Gasteiger partial charge >= 0.3 is 12.1 Å². The van der Waals surface area contributed by atoms with Gasteiger partial charge in [0.05, 0.1) is 12.0 Å². The number of aliphatic carboxylic acids is 1. The number of halogens is 3. The molecular weight excluding hydrogens is 335 g/mol. The normalized spacial score (nSPS) is 15.5. The first-order chi connectivity index (χ1) is 11.3. The van der Waals surface area contributed by atoms with Crippen molar-refractivity contribution in [3.63, 3.8) is 0 Å². The Kier molecular flexibility index (Phi) is 6.62. The van der Waals surface area contributed by atoms with Gasteiger partial charge in [0, 0.05) is 11.5 Å². The van der Waals surface area contributed by atoms with Gasteiger partial charge < -0.3 is 10.4 Å². The van der Waals surface area contributed by atoms with Gasteiger partial charge in [0.2, 0.25) is 5.91 Å². The summed E-state index contributed by atoms with van der Waals surface area (Å²) in [5.41, 5.74) is -1.01. The number of nitrogens with one attached hydrogen (secondary N) is 1. The molecule has 0 aromatic heterocycles. The van der Waals surface area contributed by atoms with Gasteiger partial charge in [-0.25, -0.2) is 0 Å². The highest BCUT2D eigenvalue weighted by atomic mass is 19.4. The van der Waals surface area contributed by atoms with Gasteiger partial charge in [-0.05, 0) is 37.0 Å². The van der Waals surface area contributed by atoms with Crippen LogP contribution in [0.15, 0.2) is 24.3 Å². The first-order valence-electron chi connectivity index (χ1n) is 8.05. The molecule has 0 spiro atoms. The molecule has 1 rings (SSSR count). The van der Waals surface area contributed by atoms with E-state index in [1.807, 2.05) is 13.8 Å². The average Bonchev–Trinajstić information content (AvgIpc) is 2.45. The second kappa shape index (κ2) is 7.89. The maximum absolute atomic E-state index is 12.6. The minimum atomic E-state index is -4.39. The minimum Gasteiger partial charge on any atom is -0.481 e. The maximum atomic E-state index is 12.6. The summed E-state index contributed by atoms with van der Waals surface area (Å²) in [4.78, 5) is 23.4. The Morgan fingerprint density at radius 2 is 1.64 bits per heavy atom. The van der Waals surface area contributed by atoms with Crippen LogP contribution in [0.4, 0.5) is 13.2 Å². The summed E-state index contributed by atoms with van der Waals surface area (Å²) >= 11 is 0. The third-order valence-electron chi connectivity index (χ3n) is 4.47. The van der Waals surface area contributed by atoms with E-state index in [1.165, 1.54) is 12.1 Å². The number of hydrogen-bond donors (Lipinski definition) is 2. The molecule has 0 bridgehead atoms. The largest absolute Gasteiger partial charge is 0.481 e. The number of amides is 1. The lowest BCUT2D eigenvalue weighted by Crippen LogP contribution is -2.52. The van der Waals surface area contributed by atoms with Crippen LogP contribution in [0.1, 0.15) is 45.2 Å². The van der Waals surface area contributed by atoms with Gasteiger partial charge in [-0.2, -0.15) is 13.2 Å². The molecule has 2 atom stereocenters. The van der Waals surface area contributed by atoms with Crippen molar-refractivity contribution in [2.45, 2.75) is 52.3 Å². The van der Waals surface area contributed by atoms with Crippen molar-refractivity contribution in [2.75, 3.05) is 0 Å². The monoisotopic (exact) mass is 359 g/mol. The molecule has 1 aromatic carbocycles. The number of carbonyl (C=O) groups is 2. The van der Waals surface area contributed by atoms with Crippen molar-refractivity contribution in [1.29, 1.82) is 0 Å². The topological polar surface area (TPSA) is 66.4 Å². The first-order valence-corrected chi connectivity index (χ1v) is 8.05. The van der Waals surface area contributed by atoms with E-state index in [4.69, 9.17) is 5.11 Å². The van der Waals surface area contributed by atoms with Gasteiger partial charge in [0.25, 0.3) is 0 Å². The highest BCUT2D eigenvalue weighted by Gasteiger charge is 2.34. The maximum Gasteiger partial charge on any atom is 0.416 e. The van der Waals surface area contributed by atoms with Crippen LogP contribution >= 0.6 is 0 Å². The van der Waals surface area contributed by atoms with E-state index >= 15 is 0 Å². The second-order valence-electron chi connectivity index (χ2n) is 6.93. The van der Waals surface area contributed by atoms with Crippen LogP contribution in [0, 0.1) is 11.8 Å². The highest BCUT2D eigenvalue weighted by molar-refractivity contribution is 5.80. The van der Waals surface area contributed by atoms with Crippen molar-refractivity contribution in [1.82, 2.24) is 5.32 Å². The number of carboxylic acid groups (broad SMARTS) is 1. The molecule has 0 heterocycles. The third kappa shape index (κ3) is 6.07. The van der Waals surface area contributed by atoms with Crippen LogP contribution < -0.4 is 5.32 Å². The molecule has 0 radical (unpaired) electrons. The first kappa shape index (κ1) is 21.0. The Balaban J connectivity index is 2.77. The molecular formula is C18H24F3NO3. The zero-order chi connectivity index (χ0) is 19.4. The van der Waals surface area contributed by atoms with E-state index in [1.54, 1.807) is 13.8 Å². The average molecular weight is 359 g/mol. The van der Waals surface area contributed by atoms with E-state index < -0.39 is 29.2 Å². The Bertz CT molecular complexity index is 611. The molecule has 4 nitrogen and oxygen atoms in total. The smallest absolute Gasteiger partial charge is 0.416 e. The van der Waals surface area contributed by atoms with E-state index in [9.17, 15) is 22.8 Å². The number of carboxylic acids is 1. The summed E-state index contributed by atoms with van der Waals surface area (Å²) in [7, 11) is 0. The number of alkyl halides is 3. The second-order valence-corrected chi connectivity index (χ2v) is 6.93. The van der Waals surface area contributed by atoms with E-state index in [-0.39, 0.29) is 24.7 Å². The predicted octanol–water partition coefficient (Wildman–Crippen LogP) is 3.89. The van der Waals surface area contributed by atoms with Crippen molar-refractivity contribution in [3.05, 3.63) is 35.4 Å². The summed E-state index contributed by atoms with van der Waals surface area (Å²) in [5.74, 6) is -1.92. The van der Waals surface area contributed by atoms with E-state index in [0.717, 1.165) is 12.1 Å². The summed E-state index contributed by atoms with van der Waals surface area (Å²) < 4.78 is 37.7. The van der Waals surface area contributed by atoms with Crippen molar-refractivity contribution in [2.24, 2.45) is 11.8 Å². The predicted molar refractivity (Wildman–Crippen MR) is 88.0 cm³/mol. The molecule has 0 saturated carbocycles. The molecule has 1 amide bonds. The molecule has 25 heavy (non-hydrogen) atoms. The molecule has 2 unspecified atom stereocenters. The molecule has 0 aliphatic heterocycles. The Morgan fingerprint density at radius 3 is 2.04 bits per heavy atom. The van der Waals surface area contributed by atoms with E-state index in [2.05, 4.69) is 5.32 Å². The van der Waals surface area contributed by atoms with Crippen molar-refractivity contribution < 1.29 is 27.9 Å². The van der Waals surface area contributed by atoms with Gasteiger partial charge in [0.15, 0.2) is 0 Å². The SMILES string of the molecule is CC(Cc1ccc(C(F)(F)F)cc1)C(=O)NC(C)(CC(=O)O)C(C)C. The zero-order valence-corrected chi connectivity index (χ0v) is 14.8. The Labute approximate surface area is 145 Å². The summed E-state index contributed by atoms with van der Waals surface area (Å²) in [6.45, 7) is 6.98. The lowest BCUT2D eigenvalue weighted by atomic mass is 9.84. The standard InChI is InChI=1S/C18H24F3NO3/c1-11(2)17(4,10-15(23)24)22-16(25)12(3)9-13-5-7-14(8-6-13)18(19,20)21/h5-8,11-12H,9-10H2,1-4H3,(H,22,25)(H,23,24). The highest BCUT2D eigenvalue weighted by Crippen LogP contribution is 2.29. The van der Waals surface area contributed by atoms with Crippen molar-refractivity contribution in [3.8, 4) is 0 Å². The van der Waals surface area contributed by atoms with Crippen LogP contribution in [0.5, 0.6) is 0 Å². The molecule has 0 aliphatic carbocycles. The van der Waals surface area contributed by atoms with Crippen LogP contribution in [0.2, 0.25) is 0 Å². The number of benzene rings is 1. The van der Waals surface area contributed by atoms with Gasteiger partial charge in [-0.3, -0.25) is 9.59 Å². The Hall–Kier alpha value is -2.05. The van der Waals surface area contributed by atoms with Crippen molar-refractivity contribution >= 4 is 11.9 Å². The summed E-state index contributed by atoms with van der Waals surface area (Å²) in [6.07, 6.45) is -4.33. The molecule has 0 saturated heterocycles. The summed E-state index contributed by atoms with van der Waals surface area (Å²) in [5, 5.41) is 11.8. The van der Waals surface area contributed by atoms with Gasteiger partial charge in [-0.15, -0.1) is 0 Å². The van der Waals surface area contributed by atoms with Crippen LogP contribution in [0.25, 0.3) is 0 Å². The quantitative estimate of drug-likeness (QED) is 0.776. The fourth-order valence-corrected chi connectivity index (χ4v) is 2.39. The lowest BCUT2D eigenvalue weighted by molar-refractivity contribution is -0.140. The fourth-order valence-electron chi connectivity index (χ4n) is 2.39. The van der Waals surface area contributed by atoms with Crippen LogP contribution in [0.3, 0.4) is 0 Å². The lowest BCUT2D eigenvalue weighted by Gasteiger charge is -2.34. The van der Waals surface area contributed by atoms with Crippen LogP contribution in [-0.2, 0) is 22.2 Å². The summed E-state index contributed by atoms with van der Waals surface area (Å²) in [6, 6.07) is 4.68.